The molecule has 5 heteroatoms. The van der Waals surface area contributed by atoms with Crippen LogP contribution in [0.3, 0.4) is 0 Å². The van der Waals surface area contributed by atoms with E-state index in [1.54, 1.807) is 5.38 Å². The monoisotopic (exact) mass is 206 g/mol. The molecule has 12 heavy (non-hydrogen) atoms. The average molecular weight is 207 g/mol. The largest absolute Gasteiger partial charge is 0.395 e. The normalized spacial score (nSPS) is 10.2. The summed E-state index contributed by atoms with van der Waals surface area (Å²) in [6.07, 6.45) is 0. The molecule has 0 spiro atoms. The Labute approximate surface area is 80.6 Å². The number of anilines is 1. The Hall–Kier alpha value is -0.320. The molecule has 0 aliphatic rings. The Morgan fingerprint density at radius 2 is 2.50 bits per heavy atom. The van der Waals surface area contributed by atoms with Crippen LogP contribution in [0.15, 0.2) is 5.38 Å². The van der Waals surface area contributed by atoms with E-state index in [9.17, 15) is 0 Å². The first-order valence-corrected chi connectivity index (χ1v) is 5.00. The van der Waals surface area contributed by atoms with E-state index in [1.807, 2.05) is 11.8 Å². The van der Waals surface area contributed by atoms with Crippen LogP contribution < -0.4 is 4.90 Å². The SMILES string of the molecule is CCN(CCO)c1nc(Cl)cs1. The van der Waals surface area contributed by atoms with Gasteiger partial charge >= 0.3 is 0 Å². The smallest absolute Gasteiger partial charge is 0.186 e. The van der Waals surface area contributed by atoms with Gasteiger partial charge in [-0.15, -0.1) is 11.3 Å². The number of likely N-dealkylation sites (N-methyl/N-ethyl adjacent to an activating group) is 1. The van der Waals surface area contributed by atoms with Crippen LogP contribution in [0.25, 0.3) is 0 Å². The molecule has 0 aromatic carbocycles. The maximum atomic E-state index is 8.74. The third kappa shape index (κ3) is 2.33. The molecule has 3 nitrogen and oxygen atoms in total. The van der Waals surface area contributed by atoms with Crippen molar-refractivity contribution in [2.24, 2.45) is 0 Å². The topological polar surface area (TPSA) is 36.4 Å². The number of thiazole rings is 1. The molecule has 1 rings (SSSR count). The van der Waals surface area contributed by atoms with Gasteiger partial charge in [0.25, 0.3) is 0 Å². The highest BCUT2D eigenvalue weighted by Gasteiger charge is 2.06. The molecule has 0 aliphatic heterocycles. The molecular weight excluding hydrogens is 196 g/mol. The van der Waals surface area contributed by atoms with Crippen molar-refractivity contribution in [1.29, 1.82) is 0 Å². The van der Waals surface area contributed by atoms with Crippen molar-refractivity contribution in [2.75, 3.05) is 24.6 Å². The zero-order valence-corrected chi connectivity index (χ0v) is 8.40. The number of aliphatic hydroxyl groups excluding tert-OH is 1. The summed E-state index contributed by atoms with van der Waals surface area (Å²) in [6, 6.07) is 0. The van der Waals surface area contributed by atoms with Crippen LogP contribution in [0, 0.1) is 0 Å². The average Bonchev–Trinajstić information content (AvgIpc) is 2.47. The van der Waals surface area contributed by atoms with Crippen LogP contribution in [0.4, 0.5) is 5.13 Å². The summed E-state index contributed by atoms with van der Waals surface area (Å²) in [5.74, 6) is 0. The number of nitrogens with zero attached hydrogens (tertiary/aromatic N) is 2. The molecule has 0 atom stereocenters. The van der Waals surface area contributed by atoms with Crippen molar-refractivity contribution < 1.29 is 5.11 Å². The molecule has 0 radical (unpaired) electrons. The van der Waals surface area contributed by atoms with Crippen molar-refractivity contribution in [3.63, 3.8) is 0 Å². The van der Waals surface area contributed by atoms with Crippen molar-refractivity contribution in [3.8, 4) is 0 Å². The number of rotatable bonds is 4. The van der Waals surface area contributed by atoms with Crippen LogP contribution in [0.2, 0.25) is 5.15 Å². The molecule has 68 valence electrons. The van der Waals surface area contributed by atoms with Gasteiger partial charge in [0.1, 0.15) is 5.15 Å². The van der Waals surface area contributed by atoms with Crippen LogP contribution in [-0.4, -0.2) is 29.8 Å². The van der Waals surface area contributed by atoms with Gasteiger partial charge < -0.3 is 10.0 Å². The van der Waals surface area contributed by atoms with E-state index < -0.39 is 0 Å². The predicted octanol–water partition coefficient (Wildman–Crippen LogP) is 1.62. The molecule has 0 aliphatic carbocycles. The van der Waals surface area contributed by atoms with Crippen LogP contribution in [0.5, 0.6) is 0 Å². The van der Waals surface area contributed by atoms with Gasteiger partial charge in [-0.1, -0.05) is 11.6 Å². The Morgan fingerprint density at radius 3 is 2.92 bits per heavy atom. The number of aliphatic hydroxyl groups is 1. The lowest BCUT2D eigenvalue weighted by Gasteiger charge is -2.17. The van der Waals surface area contributed by atoms with Gasteiger partial charge in [-0.2, -0.15) is 0 Å². The van der Waals surface area contributed by atoms with Gasteiger partial charge in [-0.05, 0) is 6.92 Å². The molecule has 1 aromatic heterocycles. The highest BCUT2D eigenvalue weighted by molar-refractivity contribution is 7.14. The number of hydrogen-bond acceptors (Lipinski definition) is 4. The minimum Gasteiger partial charge on any atom is -0.395 e. The van der Waals surface area contributed by atoms with Gasteiger partial charge in [-0.25, -0.2) is 4.98 Å². The molecule has 0 saturated carbocycles. The number of aromatic nitrogens is 1. The molecule has 1 N–H and O–H groups in total. The molecule has 0 unspecified atom stereocenters. The Bertz CT molecular complexity index is 241. The van der Waals surface area contributed by atoms with E-state index in [0.29, 0.717) is 11.7 Å². The molecule has 1 heterocycles. The van der Waals surface area contributed by atoms with Crippen molar-refractivity contribution >= 4 is 28.1 Å². The summed E-state index contributed by atoms with van der Waals surface area (Å²) in [6.45, 7) is 3.61. The fourth-order valence-electron chi connectivity index (χ4n) is 0.900. The van der Waals surface area contributed by atoms with E-state index >= 15 is 0 Å². The van der Waals surface area contributed by atoms with Gasteiger partial charge in [0.15, 0.2) is 5.13 Å². The maximum absolute atomic E-state index is 8.74. The number of hydrogen-bond donors (Lipinski definition) is 1. The van der Waals surface area contributed by atoms with Crippen molar-refractivity contribution in [3.05, 3.63) is 10.5 Å². The van der Waals surface area contributed by atoms with Gasteiger partial charge in [0, 0.05) is 18.5 Å². The third-order valence-corrected chi connectivity index (χ3v) is 2.71. The lowest BCUT2D eigenvalue weighted by atomic mass is 10.5. The predicted molar refractivity (Wildman–Crippen MR) is 52.1 cm³/mol. The quantitative estimate of drug-likeness (QED) is 0.814. The third-order valence-electron chi connectivity index (χ3n) is 1.49. The second-order valence-corrected chi connectivity index (χ2v) is 3.48. The summed E-state index contributed by atoms with van der Waals surface area (Å²) in [5.41, 5.74) is 0. The van der Waals surface area contributed by atoms with E-state index in [-0.39, 0.29) is 6.61 Å². The number of halogens is 1. The molecule has 1 aromatic rings. The minimum absolute atomic E-state index is 0.144. The molecule has 0 saturated heterocycles. The van der Waals surface area contributed by atoms with E-state index in [0.717, 1.165) is 11.7 Å². The Kier molecular flexibility index (Phi) is 3.78. The van der Waals surface area contributed by atoms with E-state index in [1.165, 1.54) is 11.3 Å². The van der Waals surface area contributed by atoms with Crippen molar-refractivity contribution in [2.45, 2.75) is 6.92 Å². The summed E-state index contributed by atoms with van der Waals surface area (Å²) in [5, 5.41) is 11.9. The first-order valence-electron chi connectivity index (χ1n) is 3.74. The van der Waals surface area contributed by atoms with Crippen molar-refractivity contribution in [1.82, 2.24) is 4.98 Å². The fourth-order valence-corrected chi connectivity index (χ4v) is 1.94. The molecule has 0 bridgehead atoms. The van der Waals surface area contributed by atoms with Crippen LogP contribution in [0.1, 0.15) is 6.92 Å². The standard InChI is InChI=1S/C7H11ClN2OS/c1-2-10(3-4-11)7-9-6(8)5-12-7/h5,11H,2-4H2,1H3. The molecule has 0 amide bonds. The second-order valence-electron chi connectivity index (χ2n) is 2.26. The van der Waals surface area contributed by atoms with Crippen LogP contribution >= 0.6 is 22.9 Å². The first kappa shape index (κ1) is 9.77. The maximum Gasteiger partial charge on any atom is 0.186 e. The Balaban J connectivity index is 2.66. The lowest BCUT2D eigenvalue weighted by molar-refractivity contribution is 0.302. The summed E-state index contributed by atoms with van der Waals surface area (Å²) >= 11 is 7.17. The zero-order chi connectivity index (χ0) is 8.97. The minimum atomic E-state index is 0.144. The van der Waals surface area contributed by atoms with Gasteiger partial charge in [0.2, 0.25) is 0 Å². The van der Waals surface area contributed by atoms with Crippen LogP contribution in [-0.2, 0) is 0 Å². The first-order chi connectivity index (χ1) is 5.77. The lowest BCUT2D eigenvalue weighted by Crippen LogP contribution is -2.25. The Morgan fingerprint density at radius 1 is 1.75 bits per heavy atom. The highest BCUT2D eigenvalue weighted by Crippen LogP contribution is 2.22. The van der Waals surface area contributed by atoms with E-state index in [4.69, 9.17) is 16.7 Å². The van der Waals surface area contributed by atoms with Gasteiger partial charge in [0.05, 0.1) is 6.61 Å². The summed E-state index contributed by atoms with van der Waals surface area (Å²) in [7, 11) is 0. The van der Waals surface area contributed by atoms with Gasteiger partial charge in [-0.3, -0.25) is 0 Å². The van der Waals surface area contributed by atoms with E-state index in [2.05, 4.69) is 4.98 Å². The second kappa shape index (κ2) is 4.64. The molecule has 0 fully saturated rings. The molecular formula is C7H11ClN2OS. The fraction of sp³-hybridized carbons (Fsp3) is 0.571. The zero-order valence-electron chi connectivity index (χ0n) is 6.83. The summed E-state index contributed by atoms with van der Waals surface area (Å²) < 4.78 is 0. The summed E-state index contributed by atoms with van der Waals surface area (Å²) in [4.78, 5) is 6.08. The highest BCUT2D eigenvalue weighted by atomic mass is 35.5.